The third-order valence-electron chi connectivity index (χ3n) is 7.72. The van der Waals surface area contributed by atoms with Crippen LogP contribution in [-0.2, 0) is 30.5 Å². The van der Waals surface area contributed by atoms with E-state index in [1.54, 1.807) is 19.2 Å². The number of pyridine rings is 1. The summed E-state index contributed by atoms with van der Waals surface area (Å²) < 4.78 is 20.5. The molecule has 4 rings (SSSR count). The maximum absolute atomic E-state index is 13.4. The number of piperidine rings is 1. The van der Waals surface area contributed by atoms with Crippen LogP contribution in [0.25, 0.3) is 0 Å². The Labute approximate surface area is 245 Å². The van der Waals surface area contributed by atoms with E-state index < -0.39 is 11.1 Å². The molecule has 9 nitrogen and oxygen atoms in total. The minimum absolute atomic E-state index is 0.00422. The normalized spacial score (nSPS) is 18.6. The van der Waals surface area contributed by atoms with Gasteiger partial charge in [-0.15, -0.1) is 0 Å². The van der Waals surface area contributed by atoms with Crippen LogP contribution in [0.2, 0.25) is 0 Å². The number of amides is 1. The first-order valence-electron chi connectivity index (χ1n) is 14.4. The predicted molar refractivity (Wildman–Crippen MR) is 164 cm³/mol. The molecule has 1 saturated heterocycles. The molecule has 1 aromatic carbocycles. The molecule has 4 atom stereocenters. The lowest BCUT2D eigenvalue weighted by Crippen LogP contribution is -2.49. The topological polar surface area (TPSA) is 120 Å². The quantitative estimate of drug-likeness (QED) is 0.268. The Morgan fingerprint density at radius 2 is 1.95 bits per heavy atom. The average Bonchev–Trinajstić information content (AvgIpc) is 2.94. The molecule has 3 heterocycles. The van der Waals surface area contributed by atoms with Gasteiger partial charge in [-0.2, -0.15) is 0 Å². The number of aryl methyl sites for hydroxylation is 4. The van der Waals surface area contributed by atoms with Crippen molar-refractivity contribution in [3.05, 3.63) is 76.4 Å². The first-order chi connectivity index (χ1) is 19.6. The fourth-order valence-corrected chi connectivity index (χ4v) is 5.71. The molecule has 1 fully saturated rings. The largest absolute Gasteiger partial charge is 0.336 e. The van der Waals surface area contributed by atoms with Crippen molar-refractivity contribution in [2.75, 3.05) is 11.9 Å². The number of hydrogen-bond acceptors (Lipinski definition) is 7. The molecule has 3 N–H and O–H groups in total. The molecule has 41 heavy (non-hydrogen) atoms. The Balaban J connectivity index is 1.34. The van der Waals surface area contributed by atoms with Crippen molar-refractivity contribution in [2.24, 2.45) is 0 Å². The van der Waals surface area contributed by atoms with Gasteiger partial charge in [0.2, 0.25) is 5.95 Å². The van der Waals surface area contributed by atoms with Gasteiger partial charge in [0.25, 0.3) is 5.91 Å². The molecule has 1 aliphatic rings. The van der Waals surface area contributed by atoms with Crippen molar-refractivity contribution in [3.8, 4) is 0 Å². The molecule has 1 aliphatic heterocycles. The van der Waals surface area contributed by atoms with Crippen molar-refractivity contribution >= 4 is 28.6 Å². The Morgan fingerprint density at radius 1 is 1.20 bits per heavy atom. The number of carbonyl (C=O) groups excluding carboxylic acids is 1. The second-order valence-corrected chi connectivity index (χ2v) is 12.5. The van der Waals surface area contributed by atoms with E-state index in [9.17, 15) is 13.6 Å². The predicted octanol–water partition coefficient (Wildman–Crippen LogP) is 5.12. The lowest BCUT2D eigenvalue weighted by atomic mass is 9.97. The number of nitrogens with zero attached hydrogens (tertiary/aromatic N) is 4. The summed E-state index contributed by atoms with van der Waals surface area (Å²) in [6, 6.07) is 10.2. The van der Waals surface area contributed by atoms with Crippen molar-refractivity contribution < 1.29 is 13.6 Å². The molecule has 0 saturated carbocycles. The highest BCUT2D eigenvalue weighted by Gasteiger charge is 2.29. The Morgan fingerprint density at radius 3 is 2.63 bits per heavy atom. The Hall–Kier alpha value is -3.21. The summed E-state index contributed by atoms with van der Waals surface area (Å²) in [6.07, 6.45) is 7.22. The summed E-state index contributed by atoms with van der Waals surface area (Å²) >= 11 is -1.86. The van der Waals surface area contributed by atoms with Crippen LogP contribution in [0.1, 0.15) is 78.5 Å². The number of aromatic nitrogens is 3. The molecule has 0 bridgehead atoms. The van der Waals surface area contributed by atoms with E-state index in [1.165, 1.54) is 11.1 Å². The second kappa shape index (κ2) is 14.1. The molecule has 0 spiro atoms. The molecular weight excluding hydrogens is 536 g/mol. The maximum atomic E-state index is 13.4. The molecule has 1 amide bonds. The molecule has 0 radical (unpaired) electrons. The smallest absolute Gasteiger partial charge is 0.254 e. The third-order valence-corrected chi connectivity index (χ3v) is 8.65. The number of rotatable bonds is 11. The summed E-state index contributed by atoms with van der Waals surface area (Å²) in [5.74, 6) is 0.595. The van der Waals surface area contributed by atoms with Gasteiger partial charge < -0.3 is 20.1 Å². The van der Waals surface area contributed by atoms with E-state index in [0.717, 1.165) is 41.9 Å². The fourth-order valence-electron chi connectivity index (χ4n) is 5.39. The monoisotopic (exact) mass is 578 g/mol. The standard InChI is InChI=1S/C31H42N6O3S/c1-6-24-18-34-31(35-28-14-20(2)13-21(3)15-28)36-29(24)19-33-27-10-12-37(22(4)16-27)30(38)25-9-11-32-26(17-25)8-7-23(5)41(39)40/h9,11,13-15,17-18,22-23,27,33H,6-8,10,12,16,19H2,1-5H3,(H,39,40)(H,34,35,36)/t22-,23?,27-/m1/s1. The Bertz CT molecular complexity index is 1360. The Kier molecular flexibility index (Phi) is 10.6. The van der Waals surface area contributed by atoms with Gasteiger partial charge in [-0.25, -0.2) is 14.2 Å². The highest BCUT2D eigenvalue weighted by molar-refractivity contribution is 7.79. The zero-order valence-electron chi connectivity index (χ0n) is 24.7. The van der Waals surface area contributed by atoms with E-state index in [1.807, 2.05) is 17.2 Å². The highest BCUT2D eigenvalue weighted by atomic mass is 32.2. The van der Waals surface area contributed by atoms with E-state index in [0.29, 0.717) is 37.4 Å². The van der Waals surface area contributed by atoms with Crippen LogP contribution in [-0.4, -0.2) is 58.4 Å². The number of nitrogens with one attached hydrogen (secondary N) is 2. The van der Waals surface area contributed by atoms with Gasteiger partial charge in [-0.1, -0.05) is 13.0 Å². The summed E-state index contributed by atoms with van der Waals surface area (Å²) in [5, 5.41) is 6.71. The second-order valence-electron chi connectivity index (χ2n) is 11.1. The van der Waals surface area contributed by atoms with Crippen LogP contribution in [0.4, 0.5) is 11.6 Å². The minimum Gasteiger partial charge on any atom is -0.336 e. The van der Waals surface area contributed by atoms with Crippen LogP contribution < -0.4 is 10.6 Å². The number of benzene rings is 1. The van der Waals surface area contributed by atoms with Gasteiger partial charge in [0, 0.05) is 54.5 Å². The zero-order chi connectivity index (χ0) is 29.5. The third kappa shape index (κ3) is 8.40. The molecule has 2 unspecified atom stereocenters. The SMILES string of the molecule is CCc1cnc(Nc2cc(C)cc(C)c2)nc1CN[C@@H]1CCN(C(=O)c2ccnc(CCC(C)S(=O)O)c2)[C@H](C)C1. The van der Waals surface area contributed by atoms with E-state index in [2.05, 4.69) is 66.5 Å². The van der Waals surface area contributed by atoms with Gasteiger partial charge in [0.1, 0.15) is 0 Å². The van der Waals surface area contributed by atoms with E-state index in [-0.39, 0.29) is 23.2 Å². The van der Waals surface area contributed by atoms with Crippen molar-refractivity contribution in [1.29, 1.82) is 0 Å². The summed E-state index contributed by atoms with van der Waals surface area (Å²) in [4.78, 5) is 29.1. The maximum Gasteiger partial charge on any atom is 0.254 e. The molecule has 2 aromatic heterocycles. The number of likely N-dealkylation sites (tertiary alicyclic amines) is 1. The van der Waals surface area contributed by atoms with Crippen LogP contribution in [0, 0.1) is 13.8 Å². The zero-order valence-corrected chi connectivity index (χ0v) is 25.5. The van der Waals surface area contributed by atoms with Crippen LogP contribution in [0.3, 0.4) is 0 Å². The summed E-state index contributed by atoms with van der Waals surface area (Å²) in [5.41, 5.74) is 6.85. The number of anilines is 2. The molecule has 3 aromatic rings. The van der Waals surface area contributed by atoms with Gasteiger partial charge >= 0.3 is 0 Å². The first-order valence-corrected chi connectivity index (χ1v) is 15.6. The lowest BCUT2D eigenvalue weighted by Gasteiger charge is -2.38. The van der Waals surface area contributed by atoms with Gasteiger partial charge in [-0.3, -0.25) is 9.78 Å². The van der Waals surface area contributed by atoms with Crippen molar-refractivity contribution in [3.63, 3.8) is 0 Å². The van der Waals surface area contributed by atoms with E-state index in [4.69, 9.17) is 4.98 Å². The fraction of sp³-hybridized carbons (Fsp3) is 0.484. The number of hydrogen-bond donors (Lipinski definition) is 3. The van der Waals surface area contributed by atoms with Gasteiger partial charge in [0.05, 0.1) is 10.9 Å². The molecule has 220 valence electrons. The van der Waals surface area contributed by atoms with Gasteiger partial charge in [-0.05, 0) is 101 Å². The molecule has 0 aliphatic carbocycles. The van der Waals surface area contributed by atoms with Crippen LogP contribution in [0.5, 0.6) is 0 Å². The summed E-state index contributed by atoms with van der Waals surface area (Å²) in [7, 11) is 0. The molecule has 10 heteroatoms. The summed E-state index contributed by atoms with van der Waals surface area (Å²) in [6.45, 7) is 11.4. The minimum atomic E-state index is -1.86. The van der Waals surface area contributed by atoms with Crippen LogP contribution >= 0.6 is 0 Å². The van der Waals surface area contributed by atoms with E-state index >= 15 is 0 Å². The van der Waals surface area contributed by atoms with Gasteiger partial charge in [0.15, 0.2) is 11.1 Å². The van der Waals surface area contributed by atoms with Crippen molar-refractivity contribution in [2.45, 2.75) is 90.6 Å². The first kappa shape index (κ1) is 30.7. The number of carbonyl (C=O) groups is 1. The molecular formula is C31H42N6O3S. The van der Waals surface area contributed by atoms with Crippen LogP contribution in [0.15, 0.2) is 42.7 Å². The van der Waals surface area contributed by atoms with Crippen molar-refractivity contribution in [1.82, 2.24) is 25.2 Å². The lowest BCUT2D eigenvalue weighted by molar-refractivity contribution is 0.0601. The highest BCUT2D eigenvalue weighted by Crippen LogP contribution is 2.22. The average molecular weight is 579 g/mol.